The van der Waals surface area contributed by atoms with Crippen molar-refractivity contribution in [3.63, 3.8) is 0 Å². The maximum atomic E-state index is 11.9. The second-order valence-electron chi connectivity index (χ2n) is 3.82. The van der Waals surface area contributed by atoms with E-state index in [-0.39, 0.29) is 17.7 Å². The van der Waals surface area contributed by atoms with Gasteiger partial charge in [-0.2, -0.15) is 0 Å². The van der Waals surface area contributed by atoms with E-state index in [1.165, 1.54) is 0 Å². The molecule has 3 nitrogen and oxygen atoms in total. The molecule has 1 aliphatic rings. The van der Waals surface area contributed by atoms with Crippen molar-refractivity contribution in [2.24, 2.45) is 11.8 Å². The lowest BCUT2D eigenvalue weighted by molar-refractivity contribution is -0.140. The first-order valence-electron chi connectivity index (χ1n) is 5.16. The summed E-state index contributed by atoms with van der Waals surface area (Å²) >= 11 is 0. The molecule has 1 saturated heterocycles. The number of amides is 1. The van der Waals surface area contributed by atoms with Gasteiger partial charge in [0.05, 0.1) is 13.2 Å². The third-order valence-electron chi connectivity index (χ3n) is 2.87. The van der Waals surface area contributed by atoms with Crippen molar-refractivity contribution in [1.82, 2.24) is 4.90 Å². The molecule has 0 aromatic heterocycles. The molecule has 1 amide bonds. The van der Waals surface area contributed by atoms with Crippen LogP contribution >= 0.6 is 0 Å². The van der Waals surface area contributed by atoms with E-state index < -0.39 is 0 Å². The minimum atomic E-state index is 0.0330. The predicted molar refractivity (Wildman–Crippen MR) is 55.9 cm³/mol. The Bertz CT molecular complexity index is 209. The van der Waals surface area contributed by atoms with Crippen molar-refractivity contribution in [3.8, 4) is 0 Å². The Labute approximate surface area is 85.7 Å². The van der Waals surface area contributed by atoms with Gasteiger partial charge in [0, 0.05) is 19.0 Å². The van der Waals surface area contributed by atoms with E-state index in [0.29, 0.717) is 13.2 Å². The lowest BCUT2D eigenvalue weighted by Gasteiger charge is -2.30. The first-order chi connectivity index (χ1) is 6.66. The lowest BCUT2D eigenvalue weighted by Crippen LogP contribution is -2.44. The molecule has 0 radical (unpaired) electrons. The molecule has 1 fully saturated rings. The lowest BCUT2D eigenvalue weighted by atomic mass is 9.94. The number of rotatable bonds is 3. The average molecular weight is 197 g/mol. The zero-order valence-electron chi connectivity index (χ0n) is 9.03. The van der Waals surface area contributed by atoms with E-state index >= 15 is 0 Å². The highest BCUT2D eigenvalue weighted by atomic mass is 16.5. The Kier molecular flexibility index (Phi) is 4.14. The van der Waals surface area contributed by atoms with Crippen LogP contribution in [0.25, 0.3) is 0 Å². The van der Waals surface area contributed by atoms with Crippen LogP contribution in [0.2, 0.25) is 0 Å². The molecule has 3 heteroatoms. The van der Waals surface area contributed by atoms with Gasteiger partial charge in [-0.05, 0) is 5.92 Å². The van der Waals surface area contributed by atoms with E-state index in [0.717, 1.165) is 13.1 Å². The number of hydrogen-bond acceptors (Lipinski definition) is 2. The summed E-state index contributed by atoms with van der Waals surface area (Å²) < 4.78 is 5.20. The van der Waals surface area contributed by atoms with Crippen LogP contribution in [-0.2, 0) is 9.53 Å². The van der Waals surface area contributed by atoms with Crippen molar-refractivity contribution in [1.29, 1.82) is 0 Å². The van der Waals surface area contributed by atoms with Crippen LogP contribution in [-0.4, -0.2) is 37.1 Å². The fourth-order valence-corrected chi connectivity index (χ4v) is 1.50. The third-order valence-corrected chi connectivity index (χ3v) is 2.87. The molecule has 14 heavy (non-hydrogen) atoms. The van der Waals surface area contributed by atoms with Crippen molar-refractivity contribution in [3.05, 3.63) is 12.7 Å². The molecule has 0 bridgehead atoms. The number of ether oxygens (including phenoxy) is 1. The predicted octanol–water partition coefficient (Wildman–Crippen LogP) is 1.30. The van der Waals surface area contributed by atoms with Crippen LogP contribution in [0, 0.1) is 11.8 Å². The Morgan fingerprint density at radius 3 is 2.50 bits per heavy atom. The highest BCUT2D eigenvalue weighted by molar-refractivity contribution is 5.79. The molecular formula is C11H19NO2. The number of morpholine rings is 1. The molecule has 0 aliphatic carbocycles. The van der Waals surface area contributed by atoms with Crippen molar-refractivity contribution < 1.29 is 9.53 Å². The maximum Gasteiger partial charge on any atom is 0.226 e. The molecule has 0 N–H and O–H groups in total. The second-order valence-corrected chi connectivity index (χ2v) is 3.82. The Morgan fingerprint density at radius 2 is 2.00 bits per heavy atom. The standard InChI is InChI=1S/C11H19NO2/c1-4-9(2)10(3)11(13)12-5-7-14-8-6-12/h4,9-10H,1,5-8H2,2-3H3/t9-,10+/m0/s1. The van der Waals surface area contributed by atoms with Gasteiger partial charge in [0.1, 0.15) is 0 Å². The topological polar surface area (TPSA) is 29.5 Å². The fraction of sp³-hybridized carbons (Fsp3) is 0.727. The van der Waals surface area contributed by atoms with Gasteiger partial charge < -0.3 is 9.64 Å². The van der Waals surface area contributed by atoms with E-state index in [1.807, 2.05) is 24.8 Å². The van der Waals surface area contributed by atoms with Crippen LogP contribution in [0.15, 0.2) is 12.7 Å². The van der Waals surface area contributed by atoms with E-state index in [2.05, 4.69) is 6.58 Å². The van der Waals surface area contributed by atoms with E-state index in [4.69, 9.17) is 4.74 Å². The molecule has 2 atom stereocenters. The molecular weight excluding hydrogens is 178 g/mol. The number of hydrogen-bond donors (Lipinski definition) is 0. The van der Waals surface area contributed by atoms with Crippen molar-refractivity contribution >= 4 is 5.91 Å². The Morgan fingerprint density at radius 1 is 1.43 bits per heavy atom. The number of carbonyl (C=O) groups is 1. The van der Waals surface area contributed by atoms with Crippen LogP contribution in [0.5, 0.6) is 0 Å². The molecule has 0 aromatic carbocycles. The van der Waals surface area contributed by atoms with Gasteiger partial charge in [-0.1, -0.05) is 19.9 Å². The summed E-state index contributed by atoms with van der Waals surface area (Å²) in [5.74, 6) is 0.497. The van der Waals surface area contributed by atoms with Gasteiger partial charge in [-0.3, -0.25) is 4.79 Å². The third kappa shape index (κ3) is 2.58. The number of nitrogens with zero attached hydrogens (tertiary/aromatic N) is 1. The quantitative estimate of drug-likeness (QED) is 0.638. The SMILES string of the molecule is C=C[C@H](C)[C@@H](C)C(=O)N1CCOCC1. The van der Waals surface area contributed by atoms with Gasteiger partial charge in [0.2, 0.25) is 5.91 Å². The summed E-state index contributed by atoms with van der Waals surface area (Å²) in [4.78, 5) is 13.8. The molecule has 1 rings (SSSR count). The van der Waals surface area contributed by atoms with Crippen LogP contribution in [0.4, 0.5) is 0 Å². The first kappa shape index (κ1) is 11.2. The van der Waals surface area contributed by atoms with Gasteiger partial charge in [-0.15, -0.1) is 6.58 Å². The van der Waals surface area contributed by atoms with Gasteiger partial charge in [-0.25, -0.2) is 0 Å². The summed E-state index contributed by atoms with van der Waals surface area (Å²) in [6.07, 6.45) is 1.84. The molecule has 1 aliphatic heterocycles. The molecule has 80 valence electrons. The molecule has 0 unspecified atom stereocenters. The second kappa shape index (κ2) is 5.15. The summed E-state index contributed by atoms with van der Waals surface area (Å²) in [5, 5.41) is 0. The molecule has 0 spiro atoms. The number of carbonyl (C=O) groups excluding carboxylic acids is 1. The fourth-order valence-electron chi connectivity index (χ4n) is 1.50. The number of allylic oxidation sites excluding steroid dienone is 1. The molecule has 1 heterocycles. The largest absolute Gasteiger partial charge is 0.378 e. The smallest absolute Gasteiger partial charge is 0.226 e. The minimum absolute atomic E-state index is 0.0330. The summed E-state index contributed by atoms with van der Waals surface area (Å²) in [6, 6.07) is 0. The zero-order valence-corrected chi connectivity index (χ0v) is 9.03. The minimum Gasteiger partial charge on any atom is -0.378 e. The van der Waals surface area contributed by atoms with Crippen molar-refractivity contribution in [2.45, 2.75) is 13.8 Å². The first-order valence-corrected chi connectivity index (χ1v) is 5.16. The average Bonchev–Trinajstić information content (AvgIpc) is 2.27. The molecule has 0 saturated carbocycles. The zero-order chi connectivity index (χ0) is 10.6. The Hall–Kier alpha value is -0.830. The van der Waals surface area contributed by atoms with Gasteiger partial charge >= 0.3 is 0 Å². The normalized spacial score (nSPS) is 21.4. The van der Waals surface area contributed by atoms with Crippen LogP contribution in [0.1, 0.15) is 13.8 Å². The monoisotopic (exact) mass is 197 g/mol. The molecule has 0 aromatic rings. The van der Waals surface area contributed by atoms with Gasteiger partial charge in [0.25, 0.3) is 0 Å². The Balaban J connectivity index is 2.49. The summed E-state index contributed by atoms with van der Waals surface area (Å²) in [7, 11) is 0. The highest BCUT2D eigenvalue weighted by Crippen LogP contribution is 2.15. The van der Waals surface area contributed by atoms with Crippen LogP contribution in [0.3, 0.4) is 0 Å². The van der Waals surface area contributed by atoms with E-state index in [9.17, 15) is 4.79 Å². The highest BCUT2D eigenvalue weighted by Gasteiger charge is 2.24. The van der Waals surface area contributed by atoms with E-state index in [1.54, 1.807) is 0 Å². The summed E-state index contributed by atoms with van der Waals surface area (Å²) in [5.41, 5.74) is 0. The summed E-state index contributed by atoms with van der Waals surface area (Å²) in [6.45, 7) is 10.5. The van der Waals surface area contributed by atoms with Crippen molar-refractivity contribution in [2.75, 3.05) is 26.3 Å². The maximum absolute atomic E-state index is 11.9. The van der Waals surface area contributed by atoms with Crippen LogP contribution < -0.4 is 0 Å². The van der Waals surface area contributed by atoms with Gasteiger partial charge in [0.15, 0.2) is 0 Å².